The van der Waals surface area contributed by atoms with Crippen LogP contribution in [-0.2, 0) is 6.42 Å². The fourth-order valence-electron chi connectivity index (χ4n) is 2.40. The van der Waals surface area contributed by atoms with Crippen molar-refractivity contribution in [3.8, 4) is 0 Å². The molecular weight excluding hydrogens is 264 g/mol. The normalized spacial score (nSPS) is 12.3. The maximum atomic E-state index is 5.78. The molecule has 2 nitrogen and oxygen atoms in total. The zero-order valence-electron chi connectivity index (χ0n) is 12.1. The van der Waals surface area contributed by atoms with Crippen molar-refractivity contribution in [2.45, 2.75) is 30.7 Å². The molecule has 0 aliphatic carbocycles. The highest BCUT2D eigenvalue weighted by molar-refractivity contribution is 7.98. The summed E-state index contributed by atoms with van der Waals surface area (Å²) in [4.78, 5) is 1.27. The highest BCUT2D eigenvalue weighted by atomic mass is 32.2. The molecule has 106 valence electrons. The van der Waals surface area contributed by atoms with Crippen molar-refractivity contribution in [1.29, 1.82) is 0 Å². The van der Waals surface area contributed by atoms with E-state index in [1.165, 1.54) is 21.6 Å². The first-order valence-electron chi connectivity index (χ1n) is 6.97. The van der Waals surface area contributed by atoms with Gasteiger partial charge < -0.3 is 0 Å². The zero-order valence-corrected chi connectivity index (χ0v) is 12.9. The van der Waals surface area contributed by atoms with Crippen LogP contribution in [-0.4, -0.2) is 6.26 Å². The van der Waals surface area contributed by atoms with Gasteiger partial charge in [0.1, 0.15) is 0 Å². The smallest absolute Gasteiger partial charge is 0.0710 e. The average Bonchev–Trinajstić information content (AvgIpc) is 2.49. The van der Waals surface area contributed by atoms with Crippen LogP contribution < -0.4 is 11.3 Å². The van der Waals surface area contributed by atoms with E-state index in [2.05, 4.69) is 67.1 Å². The Balaban J connectivity index is 2.28. The van der Waals surface area contributed by atoms with Gasteiger partial charge in [-0.1, -0.05) is 49.7 Å². The predicted molar refractivity (Wildman–Crippen MR) is 87.8 cm³/mol. The van der Waals surface area contributed by atoms with E-state index >= 15 is 0 Å². The molecule has 0 spiro atoms. The zero-order chi connectivity index (χ0) is 14.4. The first-order valence-corrected chi connectivity index (χ1v) is 8.20. The van der Waals surface area contributed by atoms with Crippen LogP contribution in [0, 0.1) is 0 Å². The molecule has 3 N–H and O–H groups in total. The molecule has 0 bridgehead atoms. The van der Waals surface area contributed by atoms with E-state index < -0.39 is 0 Å². The number of hydrazine groups is 1. The van der Waals surface area contributed by atoms with Gasteiger partial charge in [0.05, 0.1) is 6.04 Å². The summed E-state index contributed by atoms with van der Waals surface area (Å²) in [7, 11) is 0. The maximum Gasteiger partial charge on any atom is 0.0710 e. The highest BCUT2D eigenvalue weighted by Gasteiger charge is 2.12. The number of nitrogens with one attached hydrogen (secondary N) is 1. The Labute approximate surface area is 125 Å². The lowest BCUT2D eigenvalue weighted by molar-refractivity contribution is 0.635. The van der Waals surface area contributed by atoms with Gasteiger partial charge in [-0.2, -0.15) is 0 Å². The molecule has 2 rings (SSSR count). The number of rotatable bonds is 6. The van der Waals surface area contributed by atoms with Gasteiger partial charge in [0.25, 0.3) is 0 Å². The summed E-state index contributed by atoms with van der Waals surface area (Å²) < 4.78 is 0. The van der Waals surface area contributed by atoms with Crippen LogP contribution in [0.15, 0.2) is 53.4 Å². The molecule has 0 saturated carbocycles. The van der Waals surface area contributed by atoms with Crippen molar-refractivity contribution >= 4 is 11.8 Å². The van der Waals surface area contributed by atoms with E-state index in [1.807, 2.05) is 0 Å². The molecule has 0 fully saturated rings. The van der Waals surface area contributed by atoms with Crippen molar-refractivity contribution in [2.75, 3.05) is 6.26 Å². The first kappa shape index (κ1) is 15.1. The van der Waals surface area contributed by atoms with Gasteiger partial charge in [-0.25, -0.2) is 5.43 Å². The van der Waals surface area contributed by atoms with E-state index in [0.717, 1.165) is 12.8 Å². The van der Waals surface area contributed by atoms with Gasteiger partial charge in [0.15, 0.2) is 0 Å². The Morgan fingerprint density at radius 1 is 1.10 bits per heavy atom. The second-order valence-electron chi connectivity index (χ2n) is 4.87. The Hall–Kier alpha value is -1.29. The Bertz CT molecular complexity index is 537. The van der Waals surface area contributed by atoms with E-state index in [0.29, 0.717) is 0 Å². The van der Waals surface area contributed by atoms with Crippen molar-refractivity contribution in [3.05, 3.63) is 65.2 Å². The van der Waals surface area contributed by atoms with Gasteiger partial charge in [0, 0.05) is 4.90 Å². The molecule has 0 radical (unpaired) electrons. The summed E-state index contributed by atoms with van der Waals surface area (Å²) in [5.74, 6) is 5.78. The maximum absolute atomic E-state index is 5.78. The van der Waals surface area contributed by atoms with Crippen LogP contribution in [0.5, 0.6) is 0 Å². The summed E-state index contributed by atoms with van der Waals surface area (Å²) in [6, 6.07) is 17.3. The molecule has 0 heterocycles. The minimum Gasteiger partial charge on any atom is -0.271 e. The standard InChI is InChI=1S/C17H22N2S/c1-3-5-13-6-4-7-15(12-13)17(19-18)14-8-10-16(20-2)11-9-14/h4,6-12,17,19H,3,5,18H2,1-2H3. The molecule has 3 heteroatoms. The molecule has 0 aliphatic heterocycles. The van der Waals surface area contributed by atoms with E-state index in [9.17, 15) is 0 Å². The minimum absolute atomic E-state index is 0.0442. The number of hydrogen-bond acceptors (Lipinski definition) is 3. The monoisotopic (exact) mass is 286 g/mol. The third kappa shape index (κ3) is 3.63. The summed E-state index contributed by atoms with van der Waals surface area (Å²) in [5.41, 5.74) is 6.71. The second kappa shape index (κ2) is 7.48. The molecular formula is C17H22N2S. The van der Waals surface area contributed by atoms with Crippen LogP contribution in [0.1, 0.15) is 36.1 Å². The van der Waals surface area contributed by atoms with Crippen LogP contribution in [0.4, 0.5) is 0 Å². The van der Waals surface area contributed by atoms with Crippen molar-refractivity contribution in [2.24, 2.45) is 5.84 Å². The number of benzene rings is 2. The van der Waals surface area contributed by atoms with Crippen LogP contribution in [0.3, 0.4) is 0 Å². The predicted octanol–water partition coefficient (Wildman–Crippen LogP) is 3.91. The van der Waals surface area contributed by atoms with Gasteiger partial charge in [-0.05, 0) is 41.5 Å². The molecule has 1 unspecified atom stereocenters. The van der Waals surface area contributed by atoms with E-state index in [1.54, 1.807) is 11.8 Å². The largest absolute Gasteiger partial charge is 0.271 e. The van der Waals surface area contributed by atoms with E-state index in [-0.39, 0.29) is 6.04 Å². The van der Waals surface area contributed by atoms with Crippen LogP contribution in [0.2, 0.25) is 0 Å². The van der Waals surface area contributed by atoms with Gasteiger partial charge in [-0.15, -0.1) is 11.8 Å². The molecule has 0 aromatic heterocycles. The van der Waals surface area contributed by atoms with Crippen molar-refractivity contribution < 1.29 is 0 Å². The topological polar surface area (TPSA) is 38.0 Å². The molecule has 0 aliphatic rings. The fourth-order valence-corrected chi connectivity index (χ4v) is 2.81. The van der Waals surface area contributed by atoms with E-state index in [4.69, 9.17) is 5.84 Å². The summed E-state index contributed by atoms with van der Waals surface area (Å²) in [6.07, 6.45) is 4.35. The lowest BCUT2D eigenvalue weighted by Crippen LogP contribution is -2.28. The second-order valence-corrected chi connectivity index (χ2v) is 5.75. The summed E-state index contributed by atoms with van der Waals surface area (Å²) in [5, 5.41) is 0. The number of thioether (sulfide) groups is 1. The van der Waals surface area contributed by atoms with Gasteiger partial charge >= 0.3 is 0 Å². The first-order chi connectivity index (χ1) is 9.78. The molecule has 20 heavy (non-hydrogen) atoms. The van der Waals surface area contributed by atoms with Crippen molar-refractivity contribution in [3.63, 3.8) is 0 Å². The summed E-state index contributed by atoms with van der Waals surface area (Å²) >= 11 is 1.75. The molecule has 0 amide bonds. The third-order valence-corrected chi connectivity index (χ3v) is 4.18. The molecule has 0 saturated heterocycles. The van der Waals surface area contributed by atoms with Gasteiger partial charge in [-0.3, -0.25) is 5.84 Å². The van der Waals surface area contributed by atoms with Crippen molar-refractivity contribution in [1.82, 2.24) is 5.43 Å². The van der Waals surface area contributed by atoms with Gasteiger partial charge in [0.2, 0.25) is 0 Å². The third-order valence-electron chi connectivity index (χ3n) is 3.44. The Morgan fingerprint density at radius 2 is 1.85 bits per heavy atom. The Kier molecular flexibility index (Phi) is 5.65. The fraction of sp³-hybridized carbons (Fsp3) is 0.294. The van der Waals surface area contributed by atoms with Crippen LogP contribution >= 0.6 is 11.8 Å². The summed E-state index contributed by atoms with van der Waals surface area (Å²) in [6.45, 7) is 2.20. The number of aryl methyl sites for hydroxylation is 1. The molecule has 2 aromatic rings. The quantitative estimate of drug-likeness (QED) is 0.480. The molecule has 2 aromatic carbocycles. The highest BCUT2D eigenvalue weighted by Crippen LogP contribution is 2.24. The lowest BCUT2D eigenvalue weighted by atomic mass is 9.96. The Morgan fingerprint density at radius 3 is 2.45 bits per heavy atom. The minimum atomic E-state index is 0.0442. The SMILES string of the molecule is CCCc1cccc(C(NN)c2ccc(SC)cc2)c1. The van der Waals surface area contributed by atoms with Crippen LogP contribution in [0.25, 0.3) is 0 Å². The number of nitrogens with two attached hydrogens (primary N) is 1. The number of hydrogen-bond donors (Lipinski definition) is 2. The molecule has 1 atom stereocenters. The lowest BCUT2D eigenvalue weighted by Gasteiger charge is -2.18. The average molecular weight is 286 g/mol.